The van der Waals surface area contributed by atoms with Gasteiger partial charge >= 0.3 is 0 Å². The molecule has 0 saturated carbocycles. The van der Waals surface area contributed by atoms with Crippen LogP contribution in [0.2, 0.25) is 0 Å². The van der Waals surface area contributed by atoms with Gasteiger partial charge < -0.3 is 5.32 Å². The minimum absolute atomic E-state index is 0.249. The standard InChI is InChI=1S/C5H9NO2S2/c1-3(7)6-4(2-9)5(8)10/h4,9H,2H2,1H3,(H,6,7)(H,8,10). The Labute approximate surface area is 70.4 Å². The Bertz CT molecular complexity index is 149. The van der Waals surface area contributed by atoms with Crippen LogP contribution in [0.3, 0.4) is 0 Å². The van der Waals surface area contributed by atoms with Crippen molar-refractivity contribution < 1.29 is 9.59 Å². The molecular weight excluding hydrogens is 170 g/mol. The second kappa shape index (κ2) is 4.62. The number of thiol groups is 2. The average Bonchev–Trinajstić information content (AvgIpc) is 1.81. The third-order valence-electron chi connectivity index (χ3n) is 0.858. The minimum Gasteiger partial charge on any atom is -0.345 e. The summed E-state index contributed by atoms with van der Waals surface area (Å²) in [5.41, 5.74) is 0. The smallest absolute Gasteiger partial charge is 0.217 e. The lowest BCUT2D eigenvalue weighted by Crippen LogP contribution is -2.38. The quantitative estimate of drug-likeness (QED) is 0.529. The molecule has 0 aromatic heterocycles. The molecule has 0 aromatic carbocycles. The van der Waals surface area contributed by atoms with Gasteiger partial charge in [-0.3, -0.25) is 9.59 Å². The van der Waals surface area contributed by atoms with Crippen molar-refractivity contribution in [2.24, 2.45) is 0 Å². The molecule has 1 N–H and O–H groups in total. The Morgan fingerprint density at radius 2 is 2.10 bits per heavy atom. The van der Waals surface area contributed by atoms with E-state index < -0.39 is 6.04 Å². The van der Waals surface area contributed by atoms with E-state index in [0.717, 1.165) is 0 Å². The summed E-state index contributed by atoms with van der Waals surface area (Å²) in [4.78, 5) is 20.9. The number of rotatable bonds is 3. The Morgan fingerprint density at radius 1 is 1.60 bits per heavy atom. The molecule has 1 amide bonds. The van der Waals surface area contributed by atoms with Crippen LogP contribution in [0.4, 0.5) is 0 Å². The number of hydrogen-bond acceptors (Lipinski definition) is 3. The van der Waals surface area contributed by atoms with Crippen molar-refractivity contribution in [3.63, 3.8) is 0 Å². The zero-order valence-electron chi connectivity index (χ0n) is 5.50. The SMILES string of the molecule is CC(=O)NC(CS)C(=O)S. The fraction of sp³-hybridized carbons (Fsp3) is 0.600. The molecule has 0 spiro atoms. The van der Waals surface area contributed by atoms with Gasteiger partial charge in [-0.05, 0) is 0 Å². The average molecular weight is 179 g/mol. The fourth-order valence-corrected chi connectivity index (χ4v) is 0.988. The van der Waals surface area contributed by atoms with Crippen LogP contribution in [0.15, 0.2) is 0 Å². The highest BCUT2D eigenvalue weighted by Crippen LogP contribution is 1.92. The first-order valence-corrected chi connectivity index (χ1v) is 3.76. The maximum Gasteiger partial charge on any atom is 0.217 e. The van der Waals surface area contributed by atoms with E-state index in [9.17, 15) is 9.59 Å². The Hall–Kier alpha value is -0.160. The van der Waals surface area contributed by atoms with Gasteiger partial charge in [0, 0.05) is 12.7 Å². The zero-order valence-corrected chi connectivity index (χ0v) is 7.28. The van der Waals surface area contributed by atoms with E-state index in [0.29, 0.717) is 0 Å². The molecule has 0 aromatic rings. The van der Waals surface area contributed by atoms with Crippen molar-refractivity contribution in [3.8, 4) is 0 Å². The van der Waals surface area contributed by atoms with E-state index in [-0.39, 0.29) is 16.8 Å². The van der Waals surface area contributed by atoms with Crippen LogP contribution in [-0.4, -0.2) is 22.8 Å². The maximum absolute atomic E-state index is 10.5. The summed E-state index contributed by atoms with van der Waals surface area (Å²) in [6, 6.07) is -0.566. The van der Waals surface area contributed by atoms with Gasteiger partial charge in [0.1, 0.15) is 6.04 Å². The van der Waals surface area contributed by atoms with Gasteiger partial charge in [0.25, 0.3) is 0 Å². The number of nitrogens with one attached hydrogen (secondary N) is 1. The summed E-state index contributed by atoms with van der Waals surface area (Å²) in [5, 5.41) is 2.02. The summed E-state index contributed by atoms with van der Waals surface area (Å²) in [7, 11) is 0. The summed E-state index contributed by atoms with van der Waals surface area (Å²) in [6.07, 6.45) is 0. The Kier molecular flexibility index (Phi) is 4.55. The first-order valence-electron chi connectivity index (χ1n) is 2.68. The van der Waals surface area contributed by atoms with Crippen LogP contribution in [0.1, 0.15) is 6.92 Å². The largest absolute Gasteiger partial charge is 0.345 e. The zero-order chi connectivity index (χ0) is 8.15. The van der Waals surface area contributed by atoms with Crippen molar-refractivity contribution in [2.75, 3.05) is 5.75 Å². The minimum atomic E-state index is -0.566. The molecule has 0 saturated heterocycles. The predicted octanol–water partition coefficient (Wildman–Crippen LogP) is -0.123. The summed E-state index contributed by atoms with van der Waals surface area (Å²) in [6.45, 7) is 1.34. The second-order valence-electron chi connectivity index (χ2n) is 1.77. The lowest BCUT2D eigenvalue weighted by Gasteiger charge is -2.09. The molecule has 0 radical (unpaired) electrons. The van der Waals surface area contributed by atoms with Crippen molar-refractivity contribution in [1.29, 1.82) is 0 Å². The van der Waals surface area contributed by atoms with Crippen molar-refractivity contribution in [2.45, 2.75) is 13.0 Å². The molecule has 0 aliphatic rings. The van der Waals surface area contributed by atoms with E-state index in [1.165, 1.54) is 6.92 Å². The summed E-state index contributed by atoms with van der Waals surface area (Å²) >= 11 is 7.39. The molecule has 5 heteroatoms. The van der Waals surface area contributed by atoms with Gasteiger partial charge in [0.2, 0.25) is 11.0 Å². The maximum atomic E-state index is 10.5. The molecule has 0 aliphatic heterocycles. The third-order valence-corrected chi connectivity index (χ3v) is 1.53. The molecule has 0 heterocycles. The van der Waals surface area contributed by atoms with Crippen LogP contribution < -0.4 is 5.32 Å². The molecule has 58 valence electrons. The van der Waals surface area contributed by atoms with Crippen LogP contribution in [0.25, 0.3) is 0 Å². The molecule has 3 nitrogen and oxygen atoms in total. The lowest BCUT2D eigenvalue weighted by molar-refractivity contribution is -0.122. The molecule has 0 rings (SSSR count). The number of amides is 1. The first-order chi connectivity index (χ1) is 4.57. The van der Waals surface area contributed by atoms with E-state index in [1.54, 1.807) is 0 Å². The fourth-order valence-electron chi connectivity index (χ4n) is 0.431. The van der Waals surface area contributed by atoms with E-state index >= 15 is 0 Å². The van der Waals surface area contributed by atoms with Gasteiger partial charge in [-0.2, -0.15) is 12.6 Å². The highest BCUT2D eigenvalue weighted by atomic mass is 32.1. The van der Waals surface area contributed by atoms with E-state index in [4.69, 9.17) is 0 Å². The topological polar surface area (TPSA) is 46.2 Å². The lowest BCUT2D eigenvalue weighted by atomic mass is 10.4. The van der Waals surface area contributed by atoms with Crippen LogP contribution in [0.5, 0.6) is 0 Å². The van der Waals surface area contributed by atoms with Gasteiger partial charge in [-0.1, -0.05) is 0 Å². The van der Waals surface area contributed by atoms with Crippen molar-refractivity contribution in [1.82, 2.24) is 5.32 Å². The molecule has 1 unspecified atom stereocenters. The first kappa shape index (κ1) is 9.84. The third kappa shape index (κ3) is 3.79. The van der Waals surface area contributed by atoms with Gasteiger partial charge in [0.05, 0.1) is 0 Å². The Morgan fingerprint density at radius 3 is 2.20 bits per heavy atom. The Balaban J connectivity index is 3.83. The van der Waals surface area contributed by atoms with E-state index in [2.05, 4.69) is 30.6 Å². The molecular formula is C5H9NO2S2. The molecule has 0 fully saturated rings. The summed E-state index contributed by atoms with van der Waals surface area (Å²) < 4.78 is 0. The highest BCUT2D eigenvalue weighted by molar-refractivity contribution is 7.96. The molecule has 10 heavy (non-hydrogen) atoms. The highest BCUT2D eigenvalue weighted by Gasteiger charge is 2.12. The van der Waals surface area contributed by atoms with Crippen LogP contribution in [-0.2, 0) is 9.59 Å². The molecule has 0 bridgehead atoms. The van der Waals surface area contributed by atoms with E-state index in [1.807, 2.05) is 0 Å². The number of hydrogen-bond donors (Lipinski definition) is 3. The molecule has 1 atom stereocenters. The van der Waals surface area contributed by atoms with Crippen LogP contribution in [0, 0.1) is 0 Å². The predicted molar refractivity (Wildman–Crippen MR) is 45.5 cm³/mol. The second-order valence-corrected chi connectivity index (χ2v) is 2.58. The van der Waals surface area contributed by atoms with Gasteiger partial charge in [-0.15, -0.1) is 12.6 Å². The van der Waals surface area contributed by atoms with Gasteiger partial charge in [0.15, 0.2) is 0 Å². The normalized spacial score (nSPS) is 12.3. The van der Waals surface area contributed by atoms with Crippen LogP contribution >= 0.6 is 25.3 Å². The molecule has 0 aliphatic carbocycles. The van der Waals surface area contributed by atoms with Crippen molar-refractivity contribution in [3.05, 3.63) is 0 Å². The monoisotopic (exact) mass is 179 g/mol. The van der Waals surface area contributed by atoms with Gasteiger partial charge in [-0.25, -0.2) is 0 Å². The van der Waals surface area contributed by atoms with Crippen molar-refractivity contribution >= 4 is 36.3 Å². The summed E-state index contributed by atoms with van der Waals surface area (Å²) in [5.74, 6) is 0.0310. The number of carbonyl (C=O) groups is 2. The number of carbonyl (C=O) groups excluding carboxylic acids is 2.